The maximum Gasteiger partial charge on any atom is 0.327 e. The number of nitrogens with zero attached hydrogens (tertiary/aromatic N) is 1. The highest BCUT2D eigenvalue weighted by Gasteiger charge is 2.42. The highest BCUT2D eigenvalue weighted by Crippen LogP contribution is 2.42. The van der Waals surface area contributed by atoms with E-state index in [2.05, 4.69) is 0 Å². The van der Waals surface area contributed by atoms with Crippen LogP contribution in [0.25, 0.3) is 0 Å². The summed E-state index contributed by atoms with van der Waals surface area (Å²) in [7, 11) is 0. The summed E-state index contributed by atoms with van der Waals surface area (Å²) in [6.07, 6.45) is 0. The standard InChI is InChI=1S/C17H14ClNO3S/c18-13-8-4-7-12(9-13)16-19(14(10-23-16)17(21)22)15(20)11-5-2-1-3-6-11/h1-9,14,16H,10H2,(H,21,22). The van der Waals surface area contributed by atoms with Crippen LogP contribution in [0.5, 0.6) is 0 Å². The minimum Gasteiger partial charge on any atom is -0.480 e. The van der Waals surface area contributed by atoms with E-state index < -0.39 is 12.0 Å². The van der Waals surface area contributed by atoms with Crippen LogP contribution in [0.3, 0.4) is 0 Å². The summed E-state index contributed by atoms with van der Waals surface area (Å²) >= 11 is 7.47. The fourth-order valence-electron chi connectivity index (χ4n) is 2.59. The molecule has 0 bridgehead atoms. The molecule has 1 saturated heterocycles. The molecule has 0 aromatic heterocycles. The molecule has 1 heterocycles. The molecule has 1 fully saturated rings. The second kappa shape index (κ2) is 6.64. The van der Waals surface area contributed by atoms with Crippen molar-refractivity contribution in [2.45, 2.75) is 11.4 Å². The van der Waals surface area contributed by atoms with E-state index in [1.807, 2.05) is 12.1 Å². The van der Waals surface area contributed by atoms with Crippen molar-refractivity contribution in [3.05, 3.63) is 70.7 Å². The van der Waals surface area contributed by atoms with Gasteiger partial charge in [-0.15, -0.1) is 11.8 Å². The first-order valence-corrected chi connectivity index (χ1v) is 8.48. The van der Waals surface area contributed by atoms with Crippen molar-refractivity contribution < 1.29 is 14.7 Å². The third kappa shape index (κ3) is 3.21. The maximum atomic E-state index is 12.8. The lowest BCUT2D eigenvalue weighted by Crippen LogP contribution is -2.42. The first-order chi connectivity index (χ1) is 11.1. The number of hydrogen-bond acceptors (Lipinski definition) is 3. The van der Waals surface area contributed by atoms with Crippen LogP contribution in [-0.4, -0.2) is 33.7 Å². The summed E-state index contributed by atoms with van der Waals surface area (Å²) in [5.74, 6) is -0.926. The van der Waals surface area contributed by atoms with Crippen LogP contribution in [0.15, 0.2) is 54.6 Å². The molecular formula is C17H14ClNO3S. The zero-order chi connectivity index (χ0) is 16.4. The Morgan fingerprint density at radius 1 is 1.13 bits per heavy atom. The number of carboxylic acid groups (broad SMARTS) is 1. The van der Waals surface area contributed by atoms with Crippen LogP contribution in [0.1, 0.15) is 21.3 Å². The van der Waals surface area contributed by atoms with Gasteiger partial charge in [-0.1, -0.05) is 41.9 Å². The topological polar surface area (TPSA) is 57.6 Å². The summed E-state index contributed by atoms with van der Waals surface area (Å²) in [5, 5.41) is 9.67. The average molecular weight is 348 g/mol. The van der Waals surface area contributed by atoms with Gasteiger partial charge in [-0.25, -0.2) is 4.79 Å². The third-order valence-electron chi connectivity index (χ3n) is 3.67. The molecule has 118 valence electrons. The monoisotopic (exact) mass is 347 g/mol. The van der Waals surface area contributed by atoms with Gasteiger partial charge in [0.15, 0.2) is 0 Å². The highest BCUT2D eigenvalue weighted by molar-refractivity contribution is 7.99. The van der Waals surface area contributed by atoms with E-state index in [0.29, 0.717) is 16.3 Å². The van der Waals surface area contributed by atoms with Gasteiger partial charge >= 0.3 is 5.97 Å². The number of rotatable bonds is 3. The number of carboxylic acids is 1. The van der Waals surface area contributed by atoms with Gasteiger partial charge in [-0.05, 0) is 29.8 Å². The van der Waals surface area contributed by atoms with E-state index in [1.165, 1.54) is 16.7 Å². The normalized spacial score (nSPS) is 20.5. The number of hydrogen-bond donors (Lipinski definition) is 1. The smallest absolute Gasteiger partial charge is 0.327 e. The Hall–Kier alpha value is -1.98. The number of thioether (sulfide) groups is 1. The van der Waals surface area contributed by atoms with Crippen molar-refractivity contribution >= 4 is 35.2 Å². The fraction of sp³-hybridized carbons (Fsp3) is 0.176. The Bertz CT molecular complexity index is 738. The second-order valence-electron chi connectivity index (χ2n) is 5.17. The van der Waals surface area contributed by atoms with Gasteiger partial charge in [0.25, 0.3) is 5.91 Å². The molecule has 23 heavy (non-hydrogen) atoms. The number of carbonyl (C=O) groups is 2. The predicted molar refractivity (Wildman–Crippen MR) is 90.7 cm³/mol. The van der Waals surface area contributed by atoms with Crippen LogP contribution in [0.4, 0.5) is 0 Å². The van der Waals surface area contributed by atoms with Gasteiger partial charge in [0, 0.05) is 16.3 Å². The van der Waals surface area contributed by atoms with Crippen LogP contribution in [0.2, 0.25) is 5.02 Å². The number of halogens is 1. The van der Waals surface area contributed by atoms with Gasteiger partial charge < -0.3 is 10.0 Å². The molecule has 6 heteroatoms. The van der Waals surface area contributed by atoms with Crippen LogP contribution in [-0.2, 0) is 4.79 Å². The third-order valence-corrected chi connectivity index (χ3v) is 5.23. The van der Waals surface area contributed by atoms with Crippen molar-refractivity contribution in [2.75, 3.05) is 5.75 Å². The molecule has 0 radical (unpaired) electrons. The predicted octanol–water partition coefficient (Wildman–Crippen LogP) is 3.68. The SMILES string of the molecule is O=C(O)C1CSC(c2cccc(Cl)c2)N1C(=O)c1ccccc1. The molecule has 2 unspecified atom stereocenters. The number of carbonyl (C=O) groups excluding carboxylic acids is 1. The molecular weight excluding hydrogens is 334 g/mol. The summed E-state index contributed by atoms with van der Waals surface area (Å²) in [6, 6.07) is 15.1. The van der Waals surface area contributed by atoms with E-state index in [9.17, 15) is 14.7 Å². The van der Waals surface area contributed by atoms with Gasteiger partial charge in [0.05, 0.1) is 0 Å². The molecule has 1 N–H and O–H groups in total. The Balaban J connectivity index is 1.99. The number of amides is 1. The molecule has 4 nitrogen and oxygen atoms in total. The minimum absolute atomic E-state index is 0.284. The fourth-order valence-corrected chi connectivity index (χ4v) is 4.20. The Morgan fingerprint density at radius 3 is 2.52 bits per heavy atom. The number of aliphatic carboxylic acids is 1. The molecule has 0 aliphatic carbocycles. The van der Waals surface area contributed by atoms with Gasteiger partial charge in [-0.3, -0.25) is 4.79 Å². The summed E-state index contributed by atoms with van der Waals surface area (Å²) in [4.78, 5) is 25.8. The van der Waals surface area contributed by atoms with E-state index in [-0.39, 0.29) is 11.3 Å². The second-order valence-corrected chi connectivity index (χ2v) is 6.72. The van der Waals surface area contributed by atoms with E-state index >= 15 is 0 Å². The lowest BCUT2D eigenvalue weighted by atomic mass is 10.1. The summed E-state index contributed by atoms with van der Waals surface area (Å²) < 4.78 is 0. The Morgan fingerprint density at radius 2 is 1.87 bits per heavy atom. The minimum atomic E-state index is -0.994. The van der Waals surface area contributed by atoms with Crippen LogP contribution >= 0.6 is 23.4 Å². The van der Waals surface area contributed by atoms with Crippen LogP contribution in [0, 0.1) is 0 Å². The molecule has 1 aliphatic heterocycles. The van der Waals surface area contributed by atoms with E-state index in [0.717, 1.165) is 5.56 Å². The first-order valence-electron chi connectivity index (χ1n) is 7.05. The molecule has 2 aromatic rings. The van der Waals surface area contributed by atoms with Crippen molar-refractivity contribution in [2.24, 2.45) is 0 Å². The Labute approximate surface area is 143 Å². The van der Waals surface area contributed by atoms with Crippen LogP contribution < -0.4 is 0 Å². The lowest BCUT2D eigenvalue weighted by Gasteiger charge is -2.27. The average Bonchev–Trinajstić information content (AvgIpc) is 3.00. The van der Waals surface area contributed by atoms with Crippen molar-refractivity contribution in [1.29, 1.82) is 0 Å². The molecule has 2 aromatic carbocycles. The summed E-state index contributed by atoms with van der Waals surface area (Å²) in [5.41, 5.74) is 1.31. The Kier molecular flexibility index (Phi) is 4.59. The first kappa shape index (κ1) is 15.9. The lowest BCUT2D eigenvalue weighted by molar-refractivity contribution is -0.141. The van der Waals surface area contributed by atoms with Gasteiger partial charge in [0.2, 0.25) is 0 Å². The zero-order valence-corrected chi connectivity index (χ0v) is 13.6. The van der Waals surface area contributed by atoms with Crippen molar-refractivity contribution in [3.63, 3.8) is 0 Å². The largest absolute Gasteiger partial charge is 0.480 e. The van der Waals surface area contributed by atoms with Crippen molar-refractivity contribution in [3.8, 4) is 0 Å². The molecule has 0 spiro atoms. The summed E-state index contributed by atoms with van der Waals surface area (Å²) in [6.45, 7) is 0. The number of benzene rings is 2. The van der Waals surface area contributed by atoms with Crippen molar-refractivity contribution in [1.82, 2.24) is 4.90 Å². The molecule has 1 aliphatic rings. The molecule has 1 amide bonds. The molecule has 3 rings (SSSR count). The maximum absolute atomic E-state index is 12.8. The molecule has 2 atom stereocenters. The van der Waals surface area contributed by atoms with Gasteiger partial charge in [0.1, 0.15) is 11.4 Å². The van der Waals surface area contributed by atoms with E-state index in [1.54, 1.807) is 42.5 Å². The molecule has 0 saturated carbocycles. The highest BCUT2D eigenvalue weighted by atomic mass is 35.5. The van der Waals surface area contributed by atoms with Gasteiger partial charge in [-0.2, -0.15) is 0 Å². The zero-order valence-electron chi connectivity index (χ0n) is 12.1. The quantitative estimate of drug-likeness (QED) is 0.920. The van der Waals surface area contributed by atoms with E-state index in [4.69, 9.17) is 11.6 Å².